The van der Waals surface area contributed by atoms with Gasteiger partial charge in [0.2, 0.25) is 11.9 Å². The summed E-state index contributed by atoms with van der Waals surface area (Å²) in [4.78, 5) is 32.8. The predicted octanol–water partition coefficient (Wildman–Crippen LogP) is 3.11. The summed E-state index contributed by atoms with van der Waals surface area (Å²) in [6.45, 7) is 0.536. The fraction of sp³-hybridized carbons (Fsp3) is 0.318. The number of anilines is 1. The van der Waals surface area contributed by atoms with Gasteiger partial charge in [-0.3, -0.25) is 14.9 Å². The van der Waals surface area contributed by atoms with Gasteiger partial charge in [-0.25, -0.2) is 9.67 Å². The van der Waals surface area contributed by atoms with Gasteiger partial charge in [0.1, 0.15) is 5.52 Å². The van der Waals surface area contributed by atoms with Crippen molar-refractivity contribution >= 4 is 33.8 Å². The molecule has 8 heteroatoms. The van der Waals surface area contributed by atoms with Crippen LogP contribution in [0.4, 0.5) is 5.95 Å². The molecule has 1 aliphatic rings. The van der Waals surface area contributed by atoms with Crippen molar-refractivity contribution in [3.05, 3.63) is 58.9 Å². The zero-order valence-electron chi connectivity index (χ0n) is 16.4. The lowest BCUT2D eigenvalue weighted by Gasteiger charge is -2.27. The molecule has 4 aromatic rings. The van der Waals surface area contributed by atoms with Crippen molar-refractivity contribution in [2.24, 2.45) is 11.8 Å². The Morgan fingerprint density at radius 3 is 2.57 bits per heavy atom. The second kappa shape index (κ2) is 7.70. The van der Waals surface area contributed by atoms with Crippen LogP contribution in [0.15, 0.2) is 53.3 Å². The Labute approximate surface area is 172 Å². The fourth-order valence-electron chi connectivity index (χ4n) is 4.23. The standard InChI is InChI=1S/C22H22N6O2/c29-20(25-22-23-18-7-3-4-8-19(18)24-22)15-11-9-14(10-12-15)13-28-21(30)16-5-1-2-6-17(16)26-27-28/h1-8,14-15H,9-13H2,(H2,23,24,25,29). The van der Waals surface area contributed by atoms with E-state index in [2.05, 4.69) is 25.6 Å². The van der Waals surface area contributed by atoms with Crippen molar-refractivity contribution in [3.8, 4) is 0 Å². The highest BCUT2D eigenvalue weighted by Gasteiger charge is 2.27. The Kier molecular flexibility index (Phi) is 4.74. The van der Waals surface area contributed by atoms with E-state index < -0.39 is 0 Å². The lowest BCUT2D eigenvalue weighted by molar-refractivity contribution is -0.121. The van der Waals surface area contributed by atoms with E-state index in [0.29, 0.717) is 29.3 Å². The summed E-state index contributed by atoms with van der Waals surface area (Å²) < 4.78 is 1.46. The van der Waals surface area contributed by atoms with Crippen LogP contribution in [-0.2, 0) is 11.3 Å². The van der Waals surface area contributed by atoms with E-state index in [1.54, 1.807) is 12.1 Å². The first kappa shape index (κ1) is 18.5. The molecule has 2 aromatic heterocycles. The largest absolute Gasteiger partial charge is 0.324 e. The highest BCUT2D eigenvalue weighted by Crippen LogP contribution is 2.30. The van der Waals surface area contributed by atoms with E-state index in [9.17, 15) is 9.59 Å². The van der Waals surface area contributed by atoms with Crippen LogP contribution in [0.25, 0.3) is 21.9 Å². The fourth-order valence-corrected chi connectivity index (χ4v) is 4.23. The van der Waals surface area contributed by atoms with Gasteiger partial charge in [-0.15, -0.1) is 5.10 Å². The number of H-pyrrole nitrogens is 1. The summed E-state index contributed by atoms with van der Waals surface area (Å²) in [6.07, 6.45) is 3.32. The Balaban J connectivity index is 1.20. The van der Waals surface area contributed by atoms with Crippen LogP contribution in [0.5, 0.6) is 0 Å². The molecule has 0 bridgehead atoms. The molecule has 152 valence electrons. The first-order valence-electron chi connectivity index (χ1n) is 10.3. The zero-order chi connectivity index (χ0) is 20.5. The number of amides is 1. The summed E-state index contributed by atoms with van der Waals surface area (Å²) >= 11 is 0. The number of rotatable bonds is 4. The molecule has 0 aliphatic heterocycles. The number of aromatic nitrogens is 5. The van der Waals surface area contributed by atoms with Crippen LogP contribution in [0.3, 0.4) is 0 Å². The summed E-state index contributed by atoms with van der Waals surface area (Å²) in [7, 11) is 0. The van der Waals surface area contributed by atoms with Crippen molar-refractivity contribution in [1.29, 1.82) is 0 Å². The highest BCUT2D eigenvalue weighted by atomic mass is 16.2. The third-order valence-corrected chi connectivity index (χ3v) is 5.91. The molecule has 0 spiro atoms. The van der Waals surface area contributed by atoms with Crippen LogP contribution in [-0.4, -0.2) is 30.9 Å². The van der Waals surface area contributed by atoms with Crippen LogP contribution < -0.4 is 10.9 Å². The molecule has 8 nitrogen and oxygen atoms in total. The van der Waals surface area contributed by atoms with E-state index in [-0.39, 0.29) is 17.4 Å². The van der Waals surface area contributed by atoms with Gasteiger partial charge < -0.3 is 4.98 Å². The van der Waals surface area contributed by atoms with Gasteiger partial charge in [-0.05, 0) is 55.9 Å². The van der Waals surface area contributed by atoms with Crippen LogP contribution in [0.1, 0.15) is 25.7 Å². The second-order valence-corrected chi connectivity index (χ2v) is 7.90. The number of carbonyl (C=O) groups is 1. The van der Waals surface area contributed by atoms with Crippen molar-refractivity contribution in [2.75, 3.05) is 5.32 Å². The minimum absolute atomic E-state index is 0.00447. The first-order valence-corrected chi connectivity index (χ1v) is 10.3. The van der Waals surface area contributed by atoms with Crippen molar-refractivity contribution in [2.45, 2.75) is 32.2 Å². The van der Waals surface area contributed by atoms with Crippen molar-refractivity contribution in [3.63, 3.8) is 0 Å². The second-order valence-electron chi connectivity index (χ2n) is 7.90. The molecule has 2 aromatic carbocycles. The molecule has 30 heavy (non-hydrogen) atoms. The number of hydrogen-bond acceptors (Lipinski definition) is 5. The van der Waals surface area contributed by atoms with Gasteiger partial charge >= 0.3 is 0 Å². The van der Waals surface area contributed by atoms with Gasteiger partial charge in [0.15, 0.2) is 0 Å². The Morgan fingerprint density at radius 2 is 1.77 bits per heavy atom. The van der Waals surface area contributed by atoms with Gasteiger partial charge in [-0.1, -0.05) is 29.5 Å². The van der Waals surface area contributed by atoms with Gasteiger partial charge in [-0.2, -0.15) is 0 Å². The molecule has 0 radical (unpaired) electrons. The molecule has 1 aliphatic carbocycles. The molecule has 0 unspecified atom stereocenters. The Hall–Kier alpha value is -3.55. The summed E-state index contributed by atoms with van der Waals surface area (Å²) in [5.74, 6) is 0.749. The topological polar surface area (TPSA) is 106 Å². The summed E-state index contributed by atoms with van der Waals surface area (Å²) in [6, 6.07) is 14.9. The lowest BCUT2D eigenvalue weighted by atomic mass is 9.81. The van der Waals surface area contributed by atoms with Gasteiger partial charge in [0.25, 0.3) is 5.56 Å². The third-order valence-electron chi connectivity index (χ3n) is 5.91. The third kappa shape index (κ3) is 3.56. The molecule has 0 saturated heterocycles. The number of hydrogen-bond donors (Lipinski definition) is 2. The minimum atomic E-state index is -0.106. The maximum atomic E-state index is 12.7. The quantitative estimate of drug-likeness (QED) is 0.546. The molecular formula is C22H22N6O2. The number of imidazole rings is 1. The average molecular weight is 402 g/mol. The van der Waals surface area contributed by atoms with E-state index in [1.807, 2.05) is 36.4 Å². The van der Waals surface area contributed by atoms with Crippen LogP contribution in [0, 0.1) is 11.8 Å². The summed E-state index contributed by atoms with van der Waals surface area (Å²) in [5, 5.41) is 11.7. The smallest absolute Gasteiger partial charge is 0.277 e. The van der Waals surface area contributed by atoms with E-state index in [1.165, 1.54) is 4.68 Å². The van der Waals surface area contributed by atoms with E-state index in [4.69, 9.17) is 0 Å². The number of benzene rings is 2. The van der Waals surface area contributed by atoms with E-state index in [0.717, 1.165) is 36.7 Å². The monoisotopic (exact) mass is 402 g/mol. The molecule has 1 amide bonds. The maximum Gasteiger partial charge on any atom is 0.277 e. The molecular weight excluding hydrogens is 380 g/mol. The number of fused-ring (bicyclic) bond motifs is 2. The normalized spacial score (nSPS) is 19.2. The predicted molar refractivity (Wildman–Crippen MR) is 114 cm³/mol. The minimum Gasteiger partial charge on any atom is -0.324 e. The Morgan fingerprint density at radius 1 is 1.03 bits per heavy atom. The molecule has 2 heterocycles. The van der Waals surface area contributed by atoms with Crippen molar-refractivity contribution in [1.82, 2.24) is 25.0 Å². The molecule has 5 rings (SSSR count). The van der Waals surface area contributed by atoms with Crippen LogP contribution >= 0.6 is 0 Å². The SMILES string of the molecule is O=C(Nc1nc2ccccc2[nH]1)C1CCC(Cn2nnc3ccccc3c2=O)CC1. The van der Waals surface area contributed by atoms with Gasteiger partial charge in [0, 0.05) is 12.5 Å². The molecule has 1 fully saturated rings. The van der Waals surface area contributed by atoms with Crippen LogP contribution in [0.2, 0.25) is 0 Å². The highest BCUT2D eigenvalue weighted by molar-refractivity contribution is 5.92. The number of nitrogens with zero attached hydrogens (tertiary/aromatic N) is 4. The number of para-hydroxylation sites is 2. The zero-order valence-corrected chi connectivity index (χ0v) is 16.4. The number of aromatic amines is 1. The number of nitrogens with one attached hydrogen (secondary N) is 2. The molecule has 0 atom stereocenters. The van der Waals surface area contributed by atoms with E-state index >= 15 is 0 Å². The average Bonchev–Trinajstić information content (AvgIpc) is 3.18. The molecule has 2 N–H and O–H groups in total. The first-order chi connectivity index (χ1) is 14.7. The molecule has 1 saturated carbocycles. The summed E-state index contributed by atoms with van der Waals surface area (Å²) in [5.41, 5.74) is 2.24. The number of carbonyl (C=O) groups excluding carboxylic acids is 1. The Bertz CT molecular complexity index is 1240. The van der Waals surface area contributed by atoms with Crippen molar-refractivity contribution < 1.29 is 4.79 Å². The lowest BCUT2D eigenvalue weighted by Crippen LogP contribution is -2.32. The van der Waals surface area contributed by atoms with Gasteiger partial charge in [0.05, 0.1) is 16.4 Å². The maximum absolute atomic E-state index is 12.7.